The molecular formula is C33H43N3O7S. The van der Waals surface area contributed by atoms with Gasteiger partial charge in [0.2, 0.25) is 11.8 Å². The summed E-state index contributed by atoms with van der Waals surface area (Å²) >= 11 is 1.55. The van der Waals surface area contributed by atoms with Crippen molar-refractivity contribution >= 4 is 35.6 Å². The van der Waals surface area contributed by atoms with Crippen LogP contribution in [0.5, 0.6) is 0 Å². The molecule has 0 aliphatic rings. The van der Waals surface area contributed by atoms with Crippen LogP contribution in [0.1, 0.15) is 37.3 Å². The first-order valence-corrected chi connectivity index (χ1v) is 15.6. The second-order valence-electron chi connectivity index (χ2n) is 10.2. The molecule has 3 amide bonds. The third kappa shape index (κ3) is 14.4. The molecule has 0 spiro atoms. The first-order valence-electron chi connectivity index (χ1n) is 14.4. The van der Waals surface area contributed by atoms with Crippen LogP contribution in [0.4, 0.5) is 4.79 Å². The molecule has 0 bridgehead atoms. The molecule has 0 aliphatic carbocycles. The maximum Gasteiger partial charge on any atom is 0.408 e. The number of esters is 1. The molecular weight excluding hydrogens is 582 g/mol. The topological polar surface area (TPSA) is 143 Å². The van der Waals surface area contributed by atoms with Crippen LogP contribution in [0.15, 0.2) is 86.0 Å². The number of ether oxygens (including phenoxy) is 2. The molecule has 11 heteroatoms. The van der Waals surface area contributed by atoms with Gasteiger partial charge in [0.15, 0.2) is 0 Å². The van der Waals surface area contributed by atoms with Gasteiger partial charge in [0, 0.05) is 24.0 Å². The largest absolute Gasteiger partial charge is 0.462 e. The van der Waals surface area contributed by atoms with Crippen molar-refractivity contribution in [2.75, 3.05) is 19.0 Å². The normalized spacial score (nSPS) is 13.3. The minimum absolute atomic E-state index is 0.0398. The number of rotatable bonds is 20. The predicted octanol–water partition coefficient (Wildman–Crippen LogP) is 3.90. The van der Waals surface area contributed by atoms with E-state index in [0.717, 1.165) is 11.1 Å². The number of aliphatic hydroxyl groups excluding tert-OH is 1. The van der Waals surface area contributed by atoms with Crippen LogP contribution >= 0.6 is 11.8 Å². The van der Waals surface area contributed by atoms with Crippen molar-refractivity contribution in [1.29, 1.82) is 0 Å². The fourth-order valence-corrected chi connectivity index (χ4v) is 5.01. The van der Waals surface area contributed by atoms with Gasteiger partial charge in [-0.2, -0.15) is 11.8 Å². The van der Waals surface area contributed by atoms with Crippen molar-refractivity contribution in [2.45, 2.75) is 56.7 Å². The average Bonchev–Trinajstić information content (AvgIpc) is 3.02. The number of alkyl carbamates (subject to hydrolysis) is 1. The number of nitrogens with one attached hydrogen (secondary N) is 3. The zero-order valence-electron chi connectivity index (χ0n) is 25.1. The Labute approximate surface area is 263 Å². The Balaban J connectivity index is 2.03. The van der Waals surface area contributed by atoms with Crippen LogP contribution in [-0.2, 0) is 36.2 Å². The highest BCUT2D eigenvalue weighted by Gasteiger charge is 2.27. The number of allylic oxidation sites excluding steroid dienone is 1. The molecule has 4 atom stereocenters. The molecule has 0 aromatic heterocycles. The van der Waals surface area contributed by atoms with Crippen molar-refractivity contribution in [2.24, 2.45) is 5.92 Å². The van der Waals surface area contributed by atoms with Gasteiger partial charge in [0.05, 0.1) is 18.6 Å². The van der Waals surface area contributed by atoms with Gasteiger partial charge in [-0.3, -0.25) is 9.59 Å². The Morgan fingerprint density at radius 3 is 2.14 bits per heavy atom. The van der Waals surface area contributed by atoms with E-state index in [1.165, 1.54) is 6.08 Å². The van der Waals surface area contributed by atoms with Gasteiger partial charge in [0.1, 0.15) is 19.3 Å². The van der Waals surface area contributed by atoms with Gasteiger partial charge >= 0.3 is 12.1 Å². The van der Waals surface area contributed by atoms with Crippen molar-refractivity contribution < 1.29 is 33.8 Å². The summed E-state index contributed by atoms with van der Waals surface area (Å²) < 4.78 is 10.8. The highest BCUT2D eigenvalue weighted by molar-refractivity contribution is 7.98. The first kappa shape index (κ1) is 36.1. The summed E-state index contributed by atoms with van der Waals surface area (Å²) in [6, 6.07) is 16.9. The number of amides is 3. The fraction of sp³-hybridized carbons (Fsp3) is 0.394. The van der Waals surface area contributed by atoms with Crippen LogP contribution < -0.4 is 16.0 Å². The molecule has 238 valence electrons. The standard InChI is InChI=1S/C33H43N3O7S/c1-4-12-27(18-30(38)34-24(3)19-37)31(39)35-28(23-44-22-26-16-10-7-11-17-26)21-42-32(40)29(13-5-2)36-33(41)43-20-25-14-8-6-9-15-25/h4-11,14-17,24,27-29,37H,1-2,12-13,18-23H2,3H3,(H,34,38)(H,35,39)(H,36,41). The summed E-state index contributed by atoms with van der Waals surface area (Å²) in [6.07, 6.45) is 2.55. The number of hydrogen-bond acceptors (Lipinski definition) is 8. The summed E-state index contributed by atoms with van der Waals surface area (Å²) in [5.41, 5.74) is 1.90. The van der Waals surface area contributed by atoms with Crippen LogP contribution in [0.3, 0.4) is 0 Å². The lowest BCUT2D eigenvalue weighted by Crippen LogP contribution is -2.47. The van der Waals surface area contributed by atoms with Crippen molar-refractivity contribution in [3.8, 4) is 0 Å². The van der Waals surface area contributed by atoms with Gasteiger partial charge < -0.3 is 30.5 Å². The van der Waals surface area contributed by atoms with E-state index in [9.17, 15) is 24.3 Å². The number of carbonyl (C=O) groups is 4. The lowest BCUT2D eigenvalue weighted by atomic mass is 9.99. The van der Waals surface area contributed by atoms with Crippen molar-refractivity contribution in [1.82, 2.24) is 16.0 Å². The summed E-state index contributed by atoms with van der Waals surface area (Å²) in [5, 5.41) is 17.3. The van der Waals surface area contributed by atoms with E-state index in [1.54, 1.807) is 24.8 Å². The van der Waals surface area contributed by atoms with Gasteiger partial charge in [-0.15, -0.1) is 13.2 Å². The molecule has 0 heterocycles. The zero-order chi connectivity index (χ0) is 32.2. The first-order chi connectivity index (χ1) is 21.2. The number of carbonyl (C=O) groups excluding carboxylic acids is 4. The number of thioether (sulfide) groups is 1. The van der Waals surface area contributed by atoms with Crippen LogP contribution in [0, 0.1) is 5.92 Å². The Morgan fingerprint density at radius 2 is 1.52 bits per heavy atom. The summed E-state index contributed by atoms with van der Waals surface area (Å²) in [6.45, 7) is 8.68. The predicted molar refractivity (Wildman–Crippen MR) is 171 cm³/mol. The van der Waals surface area contributed by atoms with Crippen LogP contribution in [-0.4, -0.2) is 66.1 Å². The average molecular weight is 626 g/mol. The highest BCUT2D eigenvalue weighted by Crippen LogP contribution is 2.16. The number of aliphatic hydroxyl groups is 1. The second kappa shape index (κ2) is 20.8. The molecule has 44 heavy (non-hydrogen) atoms. The zero-order valence-corrected chi connectivity index (χ0v) is 25.9. The molecule has 0 saturated heterocycles. The van der Waals surface area contributed by atoms with Crippen molar-refractivity contribution in [3.63, 3.8) is 0 Å². The minimum atomic E-state index is -1.03. The Hall–Kier alpha value is -4.09. The fourth-order valence-electron chi connectivity index (χ4n) is 4.00. The van der Waals surface area contributed by atoms with E-state index in [2.05, 4.69) is 29.1 Å². The van der Waals surface area contributed by atoms with E-state index >= 15 is 0 Å². The Kier molecular flexibility index (Phi) is 17.0. The molecule has 2 rings (SSSR count). The third-order valence-electron chi connectivity index (χ3n) is 6.33. The smallest absolute Gasteiger partial charge is 0.408 e. The molecule has 2 aromatic carbocycles. The van der Waals surface area contributed by atoms with E-state index in [0.29, 0.717) is 11.5 Å². The lowest BCUT2D eigenvalue weighted by molar-refractivity contribution is -0.147. The minimum Gasteiger partial charge on any atom is -0.462 e. The van der Waals surface area contributed by atoms with E-state index in [1.807, 2.05) is 60.7 Å². The molecule has 4 unspecified atom stereocenters. The summed E-state index contributed by atoms with van der Waals surface area (Å²) in [5.74, 6) is -1.07. The van der Waals surface area contributed by atoms with Crippen molar-refractivity contribution in [3.05, 3.63) is 97.1 Å². The number of benzene rings is 2. The van der Waals surface area contributed by atoms with Gasteiger partial charge in [0.25, 0.3) is 0 Å². The summed E-state index contributed by atoms with van der Waals surface area (Å²) in [7, 11) is 0. The summed E-state index contributed by atoms with van der Waals surface area (Å²) in [4.78, 5) is 51.1. The molecule has 0 radical (unpaired) electrons. The third-order valence-corrected chi connectivity index (χ3v) is 7.51. The molecule has 0 saturated carbocycles. The molecule has 0 fully saturated rings. The SMILES string of the molecule is C=CCC(CC(=O)NC(C)CO)C(=O)NC(COC(=O)C(CC=C)NC(=O)OCc1ccccc1)CSCc1ccccc1. The maximum atomic E-state index is 13.3. The van der Waals surface area contributed by atoms with E-state index in [-0.39, 0.29) is 50.9 Å². The highest BCUT2D eigenvalue weighted by atomic mass is 32.2. The molecule has 10 nitrogen and oxygen atoms in total. The quantitative estimate of drug-likeness (QED) is 0.128. The van der Waals surface area contributed by atoms with Gasteiger partial charge in [-0.1, -0.05) is 72.8 Å². The van der Waals surface area contributed by atoms with E-state index in [4.69, 9.17) is 9.47 Å². The Morgan fingerprint density at radius 1 is 0.886 bits per heavy atom. The van der Waals surface area contributed by atoms with E-state index < -0.39 is 36.1 Å². The second-order valence-corrected chi connectivity index (χ2v) is 11.2. The molecule has 2 aromatic rings. The van der Waals surface area contributed by atoms with Crippen LogP contribution in [0.25, 0.3) is 0 Å². The molecule has 4 N–H and O–H groups in total. The molecule has 0 aliphatic heterocycles. The Bertz CT molecular complexity index is 1200. The number of hydrogen-bond donors (Lipinski definition) is 4. The lowest BCUT2D eigenvalue weighted by Gasteiger charge is -2.23. The monoisotopic (exact) mass is 625 g/mol. The van der Waals surface area contributed by atoms with Gasteiger partial charge in [-0.25, -0.2) is 9.59 Å². The maximum absolute atomic E-state index is 13.3. The van der Waals surface area contributed by atoms with Crippen LogP contribution in [0.2, 0.25) is 0 Å². The van der Waals surface area contributed by atoms with Gasteiger partial charge in [-0.05, 0) is 30.9 Å².